The van der Waals surface area contributed by atoms with Crippen LogP contribution in [0, 0.1) is 0 Å². The predicted octanol–water partition coefficient (Wildman–Crippen LogP) is 3.61. The van der Waals surface area contributed by atoms with Gasteiger partial charge in [-0.2, -0.15) is 0 Å². The molecule has 23 heavy (non-hydrogen) atoms. The van der Waals surface area contributed by atoms with Crippen molar-refractivity contribution in [1.29, 1.82) is 0 Å². The minimum absolute atomic E-state index is 0.221. The second-order valence-electron chi connectivity index (χ2n) is 7.76. The fourth-order valence-electron chi connectivity index (χ4n) is 3.82. The molecule has 128 valence electrons. The smallest absolute Gasteiger partial charge is 0.0598 e. The molecule has 0 amide bonds. The van der Waals surface area contributed by atoms with E-state index in [1.54, 1.807) is 0 Å². The van der Waals surface area contributed by atoms with E-state index in [0.717, 1.165) is 19.6 Å². The van der Waals surface area contributed by atoms with Crippen LogP contribution < -0.4 is 15.5 Å². The summed E-state index contributed by atoms with van der Waals surface area (Å²) < 4.78 is 0. The number of piperazine rings is 1. The summed E-state index contributed by atoms with van der Waals surface area (Å²) in [6.45, 7) is 7.96. The van der Waals surface area contributed by atoms with E-state index in [4.69, 9.17) is 0 Å². The van der Waals surface area contributed by atoms with Gasteiger partial charge in [0.15, 0.2) is 0 Å². The molecule has 0 aromatic heterocycles. The van der Waals surface area contributed by atoms with Gasteiger partial charge in [-0.25, -0.2) is 0 Å². The lowest BCUT2D eigenvalue weighted by atomic mass is 9.99. The van der Waals surface area contributed by atoms with Crippen LogP contribution in [-0.2, 0) is 0 Å². The quantitative estimate of drug-likeness (QED) is 0.888. The largest absolute Gasteiger partial charge is 0.386 e. The number of hydrogen-bond donors (Lipinski definition) is 2. The third-order valence-electron chi connectivity index (χ3n) is 5.67. The minimum atomic E-state index is 0.221. The lowest BCUT2D eigenvalue weighted by molar-refractivity contribution is 0.139. The van der Waals surface area contributed by atoms with Gasteiger partial charge in [0.1, 0.15) is 0 Å². The molecular formula is C19H32N4. The molecule has 0 atom stereocenters. The zero-order chi connectivity index (χ0) is 16.4. The van der Waals surface area contributed by atoms with E-state index in [1.807, 2.05) is 7.05 Å². The zero-order valence-corrected chi connectivity index (χ0v) is 15.2. The highest BCUT2D eigenvalue weighted by molar-refractivity contribution is 5.74. The highest BCUT2D eigenvalue weighted by atomic mass is 15.3. The van der Waals surface area contributed by atoms with E-state index in [2.05, 4.69) is 59.5 Å². The normalized spacial score (nSPS) is 22.3. The van der Waals surface area contributed by atoms with Crippen molar-refractivity contribution >= 4 is 17.1 Å². The summed E-state index contributed by atoms with van der Waals surface area (Å²) in [5.74, 6) is 0. The molecule has 1 aliphatic carbocycles. The molecule has 1 aromatic carbocycles. The van der Waals surface area contributed by atoms with Crippen molar-refractivity contribution in [3.8, 4) is 0 Å². The molecule has 0 radical (unpaired) electrons. The van der Waals surface area contributed by atoms with Gasteiger partial charge in [0.05, 0.1) is 11.4 Å². The highest BCUT2D eigenvalue weighted by Crippen LogP contribution is 2.32. The number of benzene rings is 1. The third kappa shape index (κ3) is 3.57. The lowest BCUT2D eigenvalue weighted by Gasteiger charge is -2.46. The average Bonchev–Trinajstić information content (AvgIpc) is 3.03. The first-order valence-corrected chi connectivity index (χ1v) is 9.04. The summed E-state index contributed by atoms with van der Waals surface area (Å²) >= 11 is 0. The second-order valence-corrected chi connectivity index (χ2v) is 7.76. The van der Waals surface area contributed by atoms with Crippen LogP contribution in [0.3, 0.4) is 0 Å². The zero-order valence-electron chi connectivity index (χ0n) is 15.2. The van der Waals surface area contributed by atoms with E-state index in [9.17, 15) is 0 Å². The van der Waals surface area contributed by atoms with Crippen molar-refractivity contribution in [3.05, 3.63) is 18.2 Å². The summed E-state index contributed by atoms with van der Waals surface area (Å²) in [5.41, 5.74) is 4.02. The molecule has 3 rings (SSSR count). The fraction of sp³-hybridized carbons (Fsp3) is 0.684. The summed E-state index contributed by atoms with van der Waals surface area (Å²) in [7, 11) is 4.24. The summed E-state index contributed by atoms with van der Waals surface area (Å²) in [4.78, 5) is 4.99. The van der Waals surface area contributed by atoms with E-state index < -0.39 is 0 Å². The number of nitrogens with one attached hydrogen (secondary N) is 2. The molecule has 1 aliphatic heterocycles. The first kappa shape index (κ1) is 16.4. The lowest BCUT2D eigenvalue weighted by Crippen LogP contribution is -2.57. The van der Waals surface area contributed by atoms with Crippen LogP contribution in [0.5, 0.6) is 0 Å². The number of hydrogen-bond acceptors (Lipinski definition) is 4. The molecule has 4 nitrogen and oxygen atoms in total. The molecule has 2 fully saturated rings. The molecule has 0 spiro atoms. The maximum absolute atomic E-state index is 3.77. The highest BCUT2D eigenvalue weighted by Gasteiger charge is 2.31. The third-order valence-corrected chi connectivity index (χ3v) is 5.67. The first-order valence-electron chi connectivity index (χ1n) is 9.04. The Morgan fingerprint density at radius 1 is 1.09 bits per heavy atom. The van der Waals surface area contributed by atoms with Gasteiger partial charge in [0.25, 0.3) is 0 Å². The molecule has 1 aromatic rings. The van der Waals surface area contributed by atoms with Gasteiger partial charge >= 0.3 is 0 Å². The average molecular weight is 316 g/mol. The van der Waals surface area contributed by atoms with E-state index in [1.165, 1.54) is 42.7 Å². The van der Waals surface area contributed by atoms with Crippen LogP contribution in [0.1, 0.15) is 39.5 Å². The topological polar surface area (TPSA) is 30.5 Å². The van der Waals surface area contributed by atoms with Crippen molar-refractivity contribution in [1.82, 2.24) is 4.90 Å². The molecule has 1 saturated carbocycles. The van der Waals surface area contributed by atoms with Crippen LogP contribution in [0.4, 0.5) is 17.1 Å². The molecule has 2 N–H and O–H groups in total. The monoisotopic (exact) mass is 316 g/mol. The van der Waals surface area contributed by atoms with Crippen LogP contribution in [-0.4, -0.2) is 50.2 Å². The predicted molar refractivity (Wildman–Crippen MR) is 101 cm³/mol. The van der Waals surface area contributed by atoms with Crippen LogP contribution in [0.25, 0.3) is 0 Å². The Morgan fingerprint density at radius 2 is 1.83 bits per heavy atom. The Morgan fingerprint density at radius 3 is 2.48 bits per heavy atom. The molecule has 2 aliphatic rings. The summed E-state index contributed by atoms with van der Waals surface area (Å²) in [6, 6.07) is 7.46. The van der Waals surface area contributed by atoms with Gasteiger partial charge < -0.3 is 15.5 Å². The van der Waals surface area contributed by atoms with Gasteiger partial charge in [-0.05, 0) is 51.9 Å². The van der Waals surface area contributed by atoms with Crippen LogP contribution in [0.15, 0.2) is 18.2 Å². The standard InChI is InChI=1S/C19H32N4/c1-19(2)14-23(12-11-22(19)4)16-9-10-17(20-3)18(13-16)21-15-7-5-6-8-15/h9-10,13,15,20-21H,5-8,11-12,14H2,1-4H3. The molecule has 1 heterocycles. The number of rotatable bonds is 4. The van der Waals surface area contributed by atoms with Gasteiger partial charge in [0.2, 0.25) is 0 Å². The second kappa shape index (κ2) is 6.60. The van der Waals surface area contributed by atoms with Crippen molar-refractivity contribution < 1.29 is 0 Å². The Bertz CT molecular complexity index is 534. The molecule has 0 unspecified atom stereocenters. The van der Waals surface area contributed by atoms with E-state index in [-0.39, 0.29) is 5.54 Å². The molecular weight excluding hydrogens is 284 g/mol. The van der Waals surface area contributed by atoms with Crippen LogP contribution >= 0.6 is 0 Å². The van der Waals surface area contributed by atoms with Crippen molar-refractivity contribution in [3.63, 3.8) is 0 Å². The van der Waals surface area contributed by atoms with Crippen molar-refractivity contribution in [2.24, 2.45) is 0 Å². The maximum atomic E-state index is 3.77. The minimum Gasteiger partial charge on any atom is -0.386 e. The van der Waals surface area contributed by atoms with Crippen molar-refractivity contribution in [2.45, 2.75) is 51.1 Å². The molecule has 4 heteroatoms. The maximum Gasteiger partial charge on any atom is 0.0598 e. The van der Waals surface area contributed by atoms with Gasteiger partial charge in [-0.1, -0.05) is 12.8 Å². The Labute approximate surface area is 141 Å². The first-order chi connectivity index (χ1) is 11.0. The van der Waals surface area contributed by atoms with Crippen molar-refractivity contribution in [2.75, 3.05) is 49.3 Å². The number of nitrogens with zero attached hydrogens (tertiary/aromatic N) is 2. The SMILES string of the molecule is CNc1ccc(N2CCN(C)C(C)(C)C2)cc1NC1CCCC1. The molecule has 1 saturated heterocycles. The summed E-state index contributed by atoms with van der Waals surface area (Å²) in [5, 5.41) is 7.10. The van der Waals surface area contributed by atoms with Gasteiger partial charge in [0, 0.05) is 44.0 Å². The van der Waals surface area contributed by atoms with Gasteiger partial charge in [-0.3, -0.25) is 4.90 Å². The van der Waals surface area contributed by atoms with E-state index in [0.29, 0.717) is 6.04 Å². The van der Waals surface area contributed by atoms with Gasteiger partial charge in [-0.15, -0.1) is 0 Å². The number of anilines is 3. The Balaban J connectivity index is 1.79. The van der Waals surface area contributed by atoms with E-state index >= 15 is 0 Å². The fourth-order valence-corrected chi connectivity index (χ4v) is 3.82. The summed E-state index contributed by atoms with van der Waals surface area (Å²) in [6.07, 6.45) is 5.32. The number of likely N-dealkylation sites (N-methyl/N-ethyl adjacent to an activating group) is 1. The Kier molecular flexibility index (Phi) is 4.72. The molecule has 0 bridgehead atoms. The van der Waals surface area contributed by atoms with Crippen LogP contribution in [0.2, 0.25) is 0 Å². The Hall–Kier alpha value is -1.42.